The van der Waals surface area contributed by atoms with Gasteiger partial charge in [-0.2, -0.15) is 0 Å². The van der Waals surface area contributed by atoms with E-state index >= 15 is 0 Å². The van der Waals surface area contributed by atoms with Crippen molar-refractivity contribution in [1.29, 1.82) is 0 Å². The van der Waals surface area contributed by atoms with Gasteiger partial charge in [0.25, 0.3) is 0 Å². The average molecular weight is 1130 g/mol. The summed E-state index contributed by atoms with van der Waals surface area (Å²) < 4.78 is 18.3. The van der Waals surface area contributed by atoms with E-state index in [4.69, 9.17) is 29.5 Å². The molecule has 376 valence electrons. The third kappa shape index (κ3) is 53.7. The lowest BCUT2D eigenvalue weighted by Crippen LogP contribution is -1.95. The first-order valence-electron chi connectivity index (χ1n) is 25.9. The molecule has 3 rings (SSSR count). The zero-order chi connectivity index (χ0) is 46.3. The molecule has 3 aromatic carbocycles. The standard InChI is InChI=1S/C16H25IO.C16H26O2.C16H26O.C9H20O2.HI/c2*17-13-9-4-2-1-3-5-10-14-18-15-16-11-7-6-8-12-16;1-2-3-4-5-6-7-11-14-17-15-16-12-9-8-10-13-16;10-8-6-4-2-1-3-5-7-9-11;/h6-8,11-12H,1-5,9-10,13-15H2;6-8,11-12,17H,1-5,9-10,13-15H2;8-10,12-13H,2-7,11,14-15H2,1H3;10-11H,1-9H2;1H. The fraction of sp³-hybridized carbons (Fsp3) is 0.684. The second kappa shape index (κ2) is 59.0. The number of ether oxygens (including phenoxy) is 3. The van der Waals surface area contributed by atoms with Crippen LogP contribution in [0.3, 0.4) is 0 Å². The molecule has 6 nitrogen and oxygen atoms in total. The van der Waals surface area contributed by atoms with Crippen LogP contribution in [0.5, 0.6) is 0 Å². The Morgan fingerprint density at radius 2 is 0.554 bits per heavy atom. The first-order valence-corrected chi connectivity index (χ1v) is 27.5. The minimum Gasteiger partial charge on any atom is -0.396 e. The smallest absolute Gasteiger partial charge is 0.0716 e. The van der Waals surface area contributed by atoms with Gasteiger partial charge in [0, 0.05) is 39.6 Å². The zero-order valence-corrected chi connectivity index (χ0v) is 45.9. The summed E-state index contributed by atoms with van der Waals surface area (Å²) in [7, 11) is 0. The molecule has 0 saturated carbocycles. The van der Waals surface area contributed by atoms with Crippen molar-refractivity contribution >= 4 is 46.6 Å². The number of hydrogen-bond donors (Lipinski definition) is 3. The number of hydrogen-bond acceptors (Lipinski definition) is 6. The number of unbranched alkanes of at least 4 members (excludes halogenated alkanes) is 24. The van der Waals surface area contributed by atoms with Gasteiger partial charge >= 0.3 is 0 Å². The van der Waals surface area contributed by atoms with Crippen LogP contribution in [0.1, 0.15) is 203 Å². The molecule has 3 aromatic rings. The molecular weight excluding hydrogens is 1030 g/mol. The van der Waals surface area contributed by atoms with Gasteiger partial charge in [-0.3, -0.25) is 0 Å². The van der Waals surface area contributed by atoms with Gasteiger partial charge in [0.15, 0.2) is 0 Å². The van der Waals surface area contributed by atoms with Crippen LogP contribution in [0.25, 0.3) is 0 Å². The first-order chi connectivity index (χ1) is 31.7. The molecule has 0 bridgehead atoms. The molecule has 8 heteroatoms. The molecule has 3 N–H and O–H groups in total. The number of aliphatic hydroxyl groups is 3. The predicted molar refractivity (Wildman–Crippen MR) is 299 cm³/mol. The molecule has 0 radical (unpaired) electrons. The van der Waals surface area contributed by atoms with Crippen LogP contribution < -0.4 is 0 Å². The predicted octanol–water partition coefficient (Wildman–Crippen LogP) is 16.6. The van der Waals surface area contributed by atoms with Crippen molar-refractivity contribution in [1.82, 2.24) is 0 Å². The largest absolute Gasteiger partial charge is 0.396 e. The zero-order valence-electron chi connectivity index (χ0n) is 41.4. The number of rotatable bonds is 40. The van der Waals surface area contributed by atoms with E-state index in [-0.39, 0.29) is 24.0 Å². The molecule has 65 heavy (non-hydrogen) atoms. The Hall–Kier alpha value is -1.12. The molecule has 0 heterocycles. The second-order valence-electron chi connectivity index (χ2n) is 17.0. The van der Waals surface area contributed by atoms with E-state index < -0.39 is 0 Å². The number of alkyl halides is 1. The lowest BCUT2D eigenvalue weighted by atomic mass is 10.1. The highest BCUT2D eigenvalue weighted by Gasteiger charge is 1.97. The third-order valence-corrected chi connectivity index (χ3v) is 11.7. The highest BCUT2D eigenvalue weighted by Crippen LogP contribution is 2.11. The van der Waals surface area contributed by atoms with Crippen molar-refractivity contribution in [3.8, 4) is 0 Å². The van der Waals surface area contributed by atoms with Gasteiger partial charge < -0.3 is 29.5 Å². The maximum absolute atomic E-state index is 8.64. The number of halogens is 2. The van der Waals surface area contributed by atoms with E-state index in [2.05, 4.69) is 90.2 Å². The fourth-order valence-electron chi connectivity index (χ4n) is 6.94. The van der Waals surface area contributed by atoms with Gasteiger partial charge in [0.2, 0.25) is 0 Å². The number of aliphatic hydroxyl groups excluding tert-OH is 3. The SMILES string of the molecule is CCCCCCCCCOCc1ccccc1.I.ICCCCCCCCCOCc1ccccc1.OCCCCCCCCCO.OCCCCCCCCCOCc1ccccc1. The molecule has 0 saturated heterocycles. The summed E-state index contributed by atoms with van der Waals surface area (Å²) in [4.78, 5) is 0. The van der Waals surface area contributed by atoms with Crippen LogP contribution in [0.15, 0.2) is 91.0 Å². The van der Waals surface area contributed by atoms with Crippen LogP contribution in [-0.4, -0.2) is 59.4 Å². The average Bonchev–Trinajstić information content (AvgIpc) is 3.33. The lowest BCUT2D eigenvalue weighted by molar-refractivity contribution is 0.116. The molecule has 0 atom stereocenters. The molecule has 0 spiro atoms. The van der Waals surface area contributed by atoms with Crippen molar-refractivity contribution in [3.63, 3.8) is 0 Å². The minimum absolute atomic E-state index is 0. The highest BCUT2D eigenvalue weighted by atomic mass is 127. The first kappa shape index (κ1) is 66.0. The topological polar surface area (TPSA) is 88.4 Å². The summed E-state index contributed by atoms with van der Waals surface area (Å²) in [5, 5.41) is 25.6. The van der Waals surface area contributed by atoms with E-state index in [0.29, 0.717) is 19.8 Å². The summed E-state index contributed by atoms with van der Waals surface area (Å²) in [6, 6.07) is 31.1. The summed E-state index contributed by atoms with van der Waals surface area (Å²) in [6.07, 6.45) is 35.2. The Bertz CT molecular complexity index is 1170. The van der Waals surface area contributed by atoms with Crippen LogP contribution in [0.2, 0.25) is 0 Å². The fourth-order valence-corrected chi connectivity index (χ4v) is 7.48. The van der Waals surface area contributed by atoms with E-state index in [1.165, 1.54) is 162 Å². The Kier molecular flexibility index (Phi) is 59.9. The molecule has 0 amide bonds. The van der Waals surface area contributed by atoms with Crippen molar-refractivity contribution in [2.75, 3.05) is 44.1 Å². The Labute approximate surface area is 431 Å². The molecule has 0 aliphatic carbocycles. The lowest BCUT2D eigenvalue weighted by Gasteiger charge is -2.04. The van der Waals surface area contributed by atoms with E-state index in [0.717, 1.165) is 78.2 Å². The van der Waals surface area contributed by atoms with Crippen molar-refractivity contribution in [2.45, 2.75) is 207 Å². The maximum Gasteiger partial charge on any atom is 0.0716 e. The minimum atomic E-state index is 0. The normalized spacial score (nSPS) is 10.5. The van der Waals surface area contributed by atoms with Gasteiger partial charge in [-0.05, 0) is 66.1 Å². The van der Waals surface area contributed by atoms with Crippen molar-refractivity contribution in [3.05, 3.63) is 108 Å². The third-order valence-electron chi connectivity index (χ3n) is 10.9. The van der Waals surface area contributed by atoms with Crippen LogP contribution >= 0.6 is 46.6 Å². The van der Waals surface area contributed by atoms with Gasteiger partial charge in [0.1, 0.15) is 0 Å². The van der Waals surface area contributed by atoms with Gasteiger partial charge in [0.05, 0.1) is 19.8 Å². The monoisotopic (exact) mass is 1130 g/mol. The molecule has 0 aromatic heterocycles. The second-order valence-corrected chi connectivity index (χ2v) is 18.1. The quantitative estimate of drug-likeness (QED) is 0.0299. The van der Waals surface area contributed by atoms with E-state index in [9.17, 15) is 0 Å². The summed E-state index contributed by atoms with van der Waals surface area (Å²) in [5.41, 5.74) is 3.80. The Morgan fingerprint density at radius 1 is 0.323 bits per heavy atom. The van der Waals surface area contributed by atoms with Gasteiger partial charge in [-0.15, -0.1) is 24.0 Å². The van der Waals surface area contributed by atoms with Gasteiger partial charge in [-0.25, -0.2) is 0 Å². The highest BCUT2D eigenvalue weighted by molar-refractivity contribution is 14.1. The van der Waals surface area contributed by atoms with Crippen molar-refractivity contribution < 1.29 is 29.5 Å². The molecule has 0 fully saturated rings. The molecule has 0 unspecified atom stereocenters. The van der Waals surface area contributed by atoms with Crippen LogP contribution in [-0.2, 0) is 34.0 Å². The summed E-state index contributed by atoms with van der Waals surface area (Å²) in [5.74, 6) is 0. The molecule has 0 aliphatic heterocycles. The molecule has 0 aliphatic rings. The Morgan fingerprint density at radius 3 is 0.800 bits per heavy atom. The maximum atomic E-state index is 8.64. The molecular formula is C57H98I2O6. The van der Waals surface area contributed by atoms with Crippen LogP contribution in [0.4, 0.5) is 0 Å². The van der Waals surface area contributed by atoms with E-state index in [1.807, 2.05) is 30.3 Å². The Balaban J connectivity index is 0. The summed E-state index contributed by atoms with van der Waals surface area (Å²) in [6.45, 7) is 8.19. The van der Waals surface area contributed by atoms with Gasteiger partial charge in [-0.1, -0.05) is 255 Å². The van der Waals surface area contributed by atoms with Crippen LogP contribution in [0, 0.1) is 0 Å². The summed E-state index contributed by atoms with van der Waals surface area (Å²) >= 11 is 2.46. The van der Waals surface area contributed by atoms with E-state index in [1.54, 1.807) is 0 Å². The van der Waals surface area contributed by atoms with Crippen molar-refractivity contribution in [2.24, 2.45) is 0 Å². The number of benzene rings is 3.